The van der Waals surface area contributed by atoms with E-state index in [0.717, 1.165) is 17.5 Å². The summed E-state index contributed by atoms with van der Waals surface area (Å²) in [4.78, 5) is 34.3. The third kappa shape index (κ3) is 7.19. The van der Waals surface area contributed by atoms with E-state index in [9.17, 15) is 45.4 Å². The predicted molar refractivity (Wildman–Crippen MR) is 165 cm³/mol. The van der Waals surface area contributed by atoms with E-state index in [1.165, 1.54) is 24.2 Å². The quantitative estimate of drug-likeness (QED) is 0.132. The highest BCUT2D eigenvalue weighted by Gasteiger charge is 2.55. The van der Waals surface area contributed by atoms with E-state index in [-0.39, 0.29) is 43.2 Å². The molecule has 0 saturated heterocycles. The topological polar surface area (TPSA) is 108 Å². The number of likely N-dealkylation sites (N-methyl/N-ethyl adjacent to an activating group) is 1. The fourth-order valence-electron chi connectivity index (χ4n) is 5.62. The first kappa shape index (κ1) is 38.3. The highest BCUT2D eigenvalue weighted by atomic mass is 35.5. The number of nitrogens with one attached hydrogen (secondary N) is 1. The molecule has 0 atom stereocenters. The number of hydrazine groups is 1. The van der Waals surface area contributed by atoms with E-state index in [1.54, 1.807) is 0 Å². The number of anilines is 1. The largest absolute Gasteiger partial charge is 0.509 e. The van der Waals surface area contributed by atoms with Crippen LogP contribution in [-0.2, 0) is 28.5 Å². The molecule has 1 spiro atoms. The molecule has 1 aliphatic heterocycles. The fourth-order valence-corrected chi connectivity index (χ4v) is 5.62. The number of ether oxygens (including phenoxy) is 1. The molecule has 18 heteroatoms. The van der Waals surface area contributed by atoms with Crippen LogP contribution in [0.5, 0.6) is 5.75 Å². The number of aromatic nitrogens is 2. The van der Waals surface area contributed by atoms with Gasteiger partial charge in [-0.15, -0.1) is 12.4 Å². The summed E-state index contributed by atoms with van der Waals surface area (Å²) in [5.74, 6) is -6.07. The number of carbonyl (C=O) groups excluding carboxylic acids is 2. The van der Waals surface area contributed by atoms with E-state index in [0.29, 0.717) is 37.4 Å². The molecule has 3 aromatic rings. The number of halogens is 9. The lowest BCUT2D eigenvalue weighted by Crippen LogP contribution is -2.65. The van der Waals surface area contributed by atoms with Crippen molar-refractivity contribution < 1.29 is 54.6 Å². The molecular weight excluding hydrogens is 706 g/mol. The van der Waals surface area contributed by atoms with Gasteiger partial charge < -0.3 is 15.2 Å². The monoisotopic (exact) mass is 735 g/mol. The molecule has 2 aromatic carbocycles. The first-order chi connectivity index (χ1) is 23.0. The third-order valence-electron chi connectivity index (χ3n) is 8.55. The average molecular weight is 736 g/mol. The predicted octanol–water partition coefficient (Wildman–Crippen LogP) is 7.62. The van der Waals surface area contributed by atoms with E-state index >= 15 is 4.39 Å². The van der Waals surface area contributed by atoms with E-state index in [1.807, 2.05) is 6.92 Å². The number of hydrogen-bond acceptors (Lipinski definition) is 7. The minimum atomic E-state index is -4.98. The van der Waals surface area contributed by atoms with Gasteiger partial charge in [0.1, 0.15) is 23.4 Å². The van der Waals surface area contributed by atoms with Crippen molar-refractivity contribution in [2.45, 2.75) is 63.5 Å². The number of alkyl halides is 6. The first-order valence-electron chi connectivity index (χ1n) is 15.0. The summed E-state index contributed by atoms with van der Waals surface area (Å²) >= 11 is 0. The van der Waals surface area contributed by atoms with Crippen molar-refractivity contribution in [3.8, 4) is 17.0 Å². The van der Waals surface area contributed by atoms with Gasteiger partial charge >= 0.3 is 12.4 Å². The molecule has 9 nitrogen and oxygen atoms in total. The zero-order valence-electron chi connectivity index (χ0n) is 26.4. The normalized spacial score (nSPS) is 16.3. The molecule has 2 amide bonds. The average Bonchev–Trinajstić information content (AvgIpc) is 3.01. The summed E-state index contributed by atoms with van der Waals surface area (Å²) in [5.41, 5.74) is -6.88. The van der Waals surface area contributed by atoms with Gasteiger partial charge in [-0.25, -0.2) is 19.4 Å². The van der Waals surface area contributed by atoms with E-state index in [2.05, 4.69) is 15.3 Å². The van der Waals surface area contributed by atoms with Crippen molar-refractivity contribution in [2.75, 3.05) is 19.0 Å². The van der Waals surface area contributed by atoms with Gasteiger partial charge in [0, 0.05) is 18.2 Å². The summed E-state index contributed by atoms with van der Waals surface area (Å²) in [6.07, 6.45) is -7.05. The van der Waals surface area contributed by atoms with Crippen molar-refractivity contribution in [1.82, 2.24) is 20.0 Å². The maximum absolute atomic E-state index is 15.2. The number of benzene rings is 2. The summed E-state index contributed by atoms with van der Waals surface area (Å²) in [7, 11) is 1.42. The number of unbranched alkanes of at least 4 members (excludes halogenated alkanes) is 1. The van der Waals surface area contributed by atoms with Gasteiger partial charge in [-0.1, -0.05) is 19.4 Å². The number of rotatable bonds is 9. The number of amides is 2. The third-order valence-corrected chi connectivity index (χ3v) is 8.55. The Bertz CT molecular complexity index is 1810. The van der Waals surface area contributed by atoms with Gasteiger partial charge in [0.05, 0.1) is 35.6 Å². The van der Waals surface area contributed by atoms with Crippen LogP contribution in [0.4, 0.5) is 40.8 Å². The Labute approximate surface area is 286 Å². The zero-order valence-corrected chi connectivity index (χ0v) is 27.2. The van der Waals surface area contributed by atoms with Crippen molar-refractivity contribution in [2.24, 2.45) is 0 Å². The van der Waals surface area contributed by atoms with Crippen LogP contribution in [0.25, 0.3) is 11.3 Å². The lowest BCUT2D eigenvalue weighted by atomic mass is 9.72. The Balaban J connectivity index is 0.00000562. The Morgan fingerprint density at radius 2 is 1.72 bits per heavy atom. The fraction of sp³-hybridized carbons (Fsp3) is 0.375. The minimum absolute atomic E-state index is 0. The van der Waals surface area contributed by atoms with Gasteiger partial charge in [0.25, 0.3) is 11.8 Å². The summed E-state index contributed by atoms with van der Waals surface area (Å²) in [6, 6.07) is 4.58. The minimum Gasteiger partial charge on any atom is -0.509 e. The van der Waals surface area contributed by atoms with Crippen LogP contribution in [0.15, 0.2) is 54.1 Å². The molecule has 2 N–H and O–H groups in total. The van der Waals surface area contributed by atoms with Crippen molar-refractivity contribution >= 4 is 29.9 Å². The molecule has 2 aliphatic rings. The molecular formula is C32H30ClF8N5O4. The number of aliphatic hydroxyl groups excluding tert-OH is 1. The van der Waals surface area contributed by atoms with E-state index < -0.39 is 87.4 Å². The number of nitrogens with zero attached hydrogens (tertiary/aromatic N) is 4. The van der Waals surface area contributed by atoms with Crippen LogP contribution < -0.4 is 10.1 Å². The molecule has 1 aromatic heterocycles. The Kier molecular flexibility index (Phi) is 11.0. The Morgan fingerprint density at radius 1 is 1.02 bits per heavy atom. The number of aliphatic hydroxyl groups is 1. The highest BCUT2D eigenvalue weighted by Crippen LogP contribution is 2.47. The molecule has 1 fully saturated rings. The Morgan fingerprint density at radius 3 is 2.32 bits per heavy atom. The molecule has 5 rings (SSSR count). The van der Waals surface area contributed by atoms with Gasteiger partial charge in [0.15, 0.2) is 11.6 Å². The zero-order chi connectivity index (χ0) is 35.9. The summed E-state index contributed by atoms with van der Waals surface area (Å²) in [6.45, 7) is 1.44. The van der Waals surface area contributed by atoms with Gasteiger partial charge in [0.2, 0.25) is 5.82 Å². The van der Waals surface area contributed by atoms with Crippen LogP contribution in [0.1, 0.15) is 55.8 Å². The Hall–Kier alpha value is -4.51. The first-order valence-corrected chi connectivity index (χ1v) is 15.0. The lowest BCUT2D eigenvalue weighted by molar-refractivity contribution is -0.172. The molecule has 0 bridgehead atoms. The highest BCUT2D eigenvalue weighted by molar-refractivity contribution is 6.24. The van der Waals surface area contributed by atoms with Crippen LogP contribution >= 0.6 is 12.4 Å². The molecule has 1 saturated carbocycles. The smallest absolute Gasteiger partial charge is 0.433 e. The van der Waals surface area contributed by atoms with Crippen LogP contribution in [0.3, 0.4) is 0 Å². The summed E-state index contributed by atoms with van der Waals surface area (Å²) < 4.78 is 116. The van der Waals surface area contributed by atoms with Gasteiger partial charge in [-0.3, -0.25) is 14.6 Å². The van der Waals surface area contributed by atoms with Crippen molar-refractivity contribution in [1.29, 1.82) is 0 Å². The SMILES string of the molecule is CCCCOc1ccc(CN2C(=O)C(C(=O)Nc3ccc(C(F)(F)F)cc3-c3cc(C(F)(F)F)ncn3)=C(O)C3(CCC3)N2C)c(F)c1F.Cl. The second kappa shape index (κ2) is 14.4. The number of hydrogen-bond donors (Lipinski definition) is 2. The second-order valence-corrected chi connectivity index (χ2v) is 11.5. The molecule has 1 aliphatic carbocycles. The lowest BCUT2D eigenvalue weighted by Gasteiger charge is -2.54. The van der Waals surface area contributed by atoms with Crippen LogP contribution in [-0.4, -0.2) is 56.1 Å². The molecule has 50 heavy (non-hydrogen) atoms. The van der Waals surface area contributed by atoms with Crippen LogP contribution in [0.2, 0.25) is 0 Å². The van der Waals surface area contributed by atoms with Crippen molar-refractivity contribution in [3.05, 3.63) is 82.5 Å². The molecule has 0 radical (unpaired) electrons. The van der Waals surface area contributed by atoms with Crippen molar-refractivity contribution in [3.63, 3.8) is 0 Å². The maximum Gasteiger partial charge on any atom is 0.433 e. The molecule has 2 heterocycles. The second-order valence-electron chi connectivity index (χ2n) is 11.5. The van der Waals surface area contributed by atoms with Crippen LogP contribution in [0, 0.1) is 11.6 Å². The van der Waals surface area contributed by atoms with E-state index in [4.69, 9.17) is 4.74 Å². The molecule has 0 unspecified atom stereocenters. The maximum atomic E-state index is 15.2. The standard InChI is InChI=1S/C32H29F8N5O4.ClH/c1-3-4-12-49-22-9-6-17(25(33)26(22)34)15-45-29(48)24(27(46)30(44(45)2)10-5-11-30)28(47)43-20-8-7-18(31(35,36)37)13-19(20)21-14-23(32(38,39)40)42-16-41-21;/h6-9,13-14,16,46H,3-5,10-12,15H2,1-2H3,(H,43,47);1H. The molecule has 270 valence electrons. The number of carbonyl (C=O) groups is 2. The van der Waals surface area contributed by atoms with Gasteiger partial charge in [-0.05, 0) is 56.0 Å². The summed E-state index contributed by atoms with van der Waals surface area (Å²) in [5, 5.41) is 15.8. The van der Waals surface area contributed by atoms with Gasteiger partial charge in [-0.2, -0.15) is 30.7 Å².